The van der Waals surface area contributed by atoms with Crippen LogP contribution < -0.4 is 0 Å². The molecule has 1 aliphatic rings. The molecule has 1 saturated heterocycles. The van der Waals surface area contributed by atoms with E-state index in [1.54, 1.807) is 0 Å². The fraction of sp³-hybridized carbons (Fsp3) is 0.600. The van der Waals surface area contributed by atoms with Crippen molar-refractivity contribution in [3.8, 4) is 0 Å². The lowest BCUT2D eigenvalue weighted by atomic mass is 10.0. The van der Waals surface area contributed by atoms with Crippen molar-refractivity contribution < 1.29 is 14.6 Å². The van der Waals surface area contributed by atoms with E-state index >= 15 is 0 Å². The topological polar surface area (TPSA) is 38.7 Å². The molecular formula is C15H22O3. The summed E-state index contributed by atoms with van der Waals surface area (Å²) < 4.78 is 11.5. The summed E-state index contributed by atoms with van der Waals surface area (Å²) in [4.78, 5) is 0. The van der Waals surface area contributed by atoms with Crippen LogP contribution in [0.15, 0.2) is 30.3 Å². The lowest BCUT2D eigenvalue weighted by Crippen LogP contribution is -2.46. The molecule has 0 radical (unpaired) electrons. The lowest BCUT2D eigenvalue weighted by Gasteiger charge is -2.40. The quantitative estimate of drug-likeness (QED) is 0.892. The summed E-state index contributed by atoms with van der Waals surface area (Å²) in [5, 5.41) is 9.25. The molecule has 0 aliphatic carbocycles. The normalized spacial score (nSPS) is 27.1. The molecule has 100 valence electrons. The third-order valence-electron chi connectivity index (χ3n) is 3.23. The molecule has 1 N–H and O–H groups in total. The Morgan fingerprint density at radius 3 is 2.50 bits per heavy atom. The monoisotopic (exact) mass is 250 g/mol. The van der Waals surface area contributed by atoms with Gasteiger partial charge in [0.15, 0.2) is 5.79 Å². The molecule has 0 bridgehead atoms. The molecule has 0 spiro atoms. The largest absolute Gasteiger partial charge is 0.394 e. The maximum Gasteiger partial charge on any atom is 0.163 e. The van der Waals surface area contributed by atoms with E-state index in [2.05, 4.69) is 24.3 Å². The molecule has 1 heterocycles. The number of benzene rings is 1. The van der Waals surface area contributed by atoms with Crippen molar-refractivity contribution in [2.45, 2.75) is 51.1 Å². The van der Waals surface area contributed by atoms with Crippen LogP contribution in [0, 0.1) is 0 Å². The first-order valence-corrected chi connectivity index (χ1v) is 6.59. The number of aliphatic hydroxyl groups is 1. The average molecular weight is 250 g/mol. The molecule has 2 rings (SSSR count). The maximum atomic E-state index is 9.25. The number of ether oxygens (including phenoxy) is 2. The average Bonchev–Trinajstić information content (AvgIpc) is 2.36. The van der Waals surface area contributed by atoms with Gasteiger partial charge in [0.25, 0.3) is 0 Å². The summed E-state index contributed by atoms with van der Waals surface area (Å²) in [7, 11) is 0. The van der Waals surface area contributed by atoms with Gasteiger partial charge in [0.2, 0.25) is 0 Å². The summed E-state index contributed by atoms with van der Waals surface area (Å²) in [6.45, 7) is 3.88. The van der Waals surface area contributed by atoms with Gasteiger partial charge in [-0.1, -0.05) is 30.3 Å². The van der Waals surface area contributed by atoms with Crippen LogP contribution in [0.25, 0.3) is 0 Å². The second-order valence-corrected chi connectivity index (χ2v) is 5.32. The van der Waals surface area contributed by atoms with Gasteiger partial charge in [-0.15, -0.1) is 0 Å². The summed E-state index contributed by atoms with van der Waals surface area (Å²) in [6, 6.07) is 10.4. The minimum Gasteiger partial charge on any atom is -0.394 e. The molecule has 2 atom stereocenters. The zero-order valence-electron chi connectivity index (χ0n) is 11.1. The zero-order valence-corrected chi connectivity index (χ0v) is 11.1. The molecule has 0 saturated carbocycles. The van der Waals surface area contributed by atoms with E-state index in [0.29, 0.717) is 0 Å². The molecule has 1 fully saturated rings. The molecule has 1 aromatic rings. The third kappa shape index (κ3) is 3.80. The third-order valence-corrected chi connectivity index (χ3v) is 3.23. The predicted molar refractivity (Wildman–Crippen MR) is 70.3 cm³/mol. The van der Waals surface area contributed by atoms with E-state index in [9.17, 15) is 5.11 Å². The van der Waals surface area contributed by atoms with Crippen LogP contribution in [-0.2, 0) is 15.9 Å². The van der Waals surface area contributed by atoms with Crippen molar-refractivity contribution in [3.63, 3.8) is 0 Å². The van der Waals surface area contributed by atoms with Gasteiger partial charge in [0.1, 0.15) is 0 Å². The predicted octanol–water partition coefficient (Wildman–Crippen LogP) is 2.52. The van der Waals surface area contributed by atoms with Crippen LogP contribution in [0.2, 0.25) is 0 Å². The van der Waals surface area contributed by atoms with E-state index in [0.717, 1.165) is 19.3 Å². The Morgan fingerprint density at radius 2 is 1.83 bits per heavy atom. The van der Waals surface area contributed by atoms with Crippen molar-refractivity contribution in [1.29, 1.82) is 0 Å². The minimum absolute atomic E-state index is 0.0641. The second-order valence-electron chi connectivity index (χ2n) is 5.32. The van der Waals surface area contributed by atoms with Gasteiger partial charge in [-0.05, 0) is 32.3 Å². The Kier molecular flexibility index (Phi) is 4.38. The molecule has 3 nitrogen and oxygen atoms in total. The summed E-state index contributed by atoms with van der Waals surface area (Å²) in [6.07, 6.45) is 2.79. The highest BCUT2D eigenvalue weighted by molar-refractivity contribution is 5.14. The van der Waals surface area contributed by atoms with E-state index in [1.807, 2.05) is 19.9 Å². The van der Waals surface area contributed by atoms with Gasteiger partial charge in [-0.2, -0.15) is 0 Å². The Labute approximate surface area is 109 Å². The van der Waals surface area contributed by atoms with E-state index < -0.39 is 5.79 Å². The number of rotatable bonds is 4. The van der Waals surface area contributed by atoms with Gasteiger partial charge in [-0.3, -0.25) is 0 Å². The molecular weight excluding hydrogens is 228 g/mol. The Bertz CT molecular complexity index is 361. The van der Waals surface area contributed by atoms with Crippen LogP contribution in [0.1, 0.15) is 32.3 Å². The number of hydrogen-bond acceptors (Lipinski definition) is 3. The van der Waals surface area contributed by atoms with Crippen LogP contribution >= 0.6 is 0 Å². The van der Waals surface area contributed by atoms with Crippen molar-refractivity contribution in [1.82, 2.24) is 0 Å². The molecule has 1 aromatic carbocycles. The SMILES string of the molecule is CC1(C)O[C@H](CO)C[C@H](CCc2ccccc2)O1. The van der Waals surface area contributed by atoms with E-state index in [1.165, 1.54) is 5.56 Å². The standard InChI is InChI=1S/C15H22O3/c1-15(2)17-13(10-14(11-16)18-15)9-8-12-6-4-3-5-7-12/h3-7,13-14,16H,8-11H2,1-2H3/t13-,14-/m0/s1. The van der Waals surface area contributed by atoms with Gasteiger partial charge < -0.3 is 14.6 Å². The molecule has 0 aromatic heterocycles. The summed E-state index contributed by atoms with van der Waals surface area (Å²) in [5.41, 5.74) is 1.32. The Balaban J connectivity index is 1.89. The van der Waals surface area contributed by atoms with Gasteiger partial charge >= 0.3 is 0 Å². The van der Waals surface area contributed by atoms with E-state index in [-0.39, 0.29) is 18.8 Å². The first kappa shape index (κ1) is 13.5. The van der Waals surface area contributed by atoms with Crippen LogP contribution in [0.3, 0.4) is 0 Å². The number of aliphatic hydroxyl groups excluding tert-OH is 1. The smallest absolute Gasteiger partial charge is 0.163 e. The minimum atomic E-state index is -0.590. The fourth-order valence-electron chi connectivity index (χ4n) is 2.48. The Hall–Kier alpha value is -0.900. The number of hydrogen-bond donors (Lipinski definition) is 1. The van der Waals surface area contributed by atoms with E-state index in [4.69, 9.17) is 9.47 Å². The lowest BCUT2D eigenvalue weighted by molar-refractivity contribution is -0.304. The van der Waals surface area contributed by atoms with Crippen LogP contribution in [-0.4, -0.2) is 29.7 Å². The summed E-state index contributed by atoms with van der Waals surface area (Å²) >= 11 is 0. The van der Waals surface area contributed by atoms with Gasteiger partial charge in [0.05, 0.1) is 18.8 Å². The highest BCUT2D eigenvalue weighted by Crippen LogP contribution is 2.28. The van der Waals surface area contributed by atoms with Crippen molar-refractivity contribution in [2.24, 2.45) is 0 Å². The molecule has 3 heteroatoms. The van der Waals surface area contributed by atoms with Gasteiger partial charge in [-0.25, -0.2) is 0 Å². The molecule has 18 heavy (non-hydrogen) atoms. The van der Waals surface area contributed by atoms with Crippen LogP contribution in [0.4, 0.5) is 0 Å². The van der Waals surface area contributed by atoms with Crippen LogP contribution in [0.5, 0.6) is 0 Å². The molecule has 0 unspecified atom stereocenters. The Morgan fingerprint density at radius 1 is 1.17 bits per heavy atom. The van der Waals surface area contributed by atoms with Gasteiger partial charge in [0, 0.05) is 6.42 Å². The van der Waals surface area contributed by atoms with Crippen molar-refractivity contribution >= 4 is 0 Å². The number of aryl methyl sites for hydroxylation is 1. The molecule has 1 aliphatic heterocycles. The highest BCUT2D eigenvalue weighted by Gasteiger charge is 2.34. The highest BCUT2D eigenvalue weighted by atomic mass is 16.7. The maximum absolute atomic E-state index is 9.25. The fourth-order valence-corrected chi connectivity index (χ4v) is 2.48. The first-order valence-electron chi connectivity index (χ1n) is 6.59. The van der Waals surface area contributed by atoms with Crippen molar-refractivity contribution in [3.05, 3.63) is 35.9 Å². The summed E-state index contributed by atoms with van der Waals surface area (Å²) in [5.74, 6) is -0.590. The second kappa shape index (κ2) is 5.83. The van der Waals surface area contributed by atoms with Crippen molar-refractivity contribution in [2.75, 3.05) is 6.61 Å². The zero-order chi connectivity index (χ0) is 13.0. The molecule has 0 amide bonds. The first-order chi connectivity index (χ1) is 8.59.